The molecule has 8 nitrogen and oxygen atoms in total. The SMILES string of the molecule is CCC(C(N)=O)[C@H](CC1(C)CC1)C(=O)N[C@@H](C[C@@H]1CCNC1=O)C(=O)COC(F)(F)F. The number of hydrogen-bond acceptors (Lipinski definition) is 5. The highest BCUT2D eigenvalue weighted by Gasteiger charge is 2.45. The second-order valence-corrected chi connectivity index (χ2v) is 8.81. The predicted octanol–water partition coefficient (Wildman–Crippen LogP) is 1.42. The first-order valence-corrected chi connectivity index (χ1v) is 10.5. The molecule has 1 saturated heterocycles. The van der Waals surface area contributed by atoms with E-state index < -0.39 is 54.4 Å². The van der Waals surface area contributed by atoms with Crippen molar-refractivity contribution >= 4 is 23.5 Å². The minimum absolute atomic E-state index is 0.116. The van der Waals surface area contributed by atoms with E-state index in [1.807, 2.05) is 6.92 Å². The molecule has 3 amide bonds. The van der Waals surface area contributed by atoms with Gasteiger partial charge in [0.05, 0.1) is 12.0 Å². The summed E-state index contributed by atoms with van der Waals surface area (Å²) in [5, 5.41) is 5.09. The molecule has 0 bridgehead atoms. The Morgan fingerprint density at radius 2 is 1.94 bits per heavy atom. The molecule has 1 saturated carbocycles. The van der Waals surface area contributed by atoms with Gasteiger partial charge in [0.1, 0.15) is 6.61 Å². The molecule has 2 fully saturated rings. The summed E-state index contributed by atoms with van der Waals surface area (Å²) >= 11 is 0. The van der Waals surface area contributed by atoms with Gasteiger partial charge >= 0.3 is 6.36 Å². The zero-order chi connectivity index (χ0) is 23.4. The number of Topliss-reactive ketones (excluding diaryl/α,β-unsaturated/α-hetero) is 1. The molecule has 0 radical (unpaired) electrons. The highest BCUT2D eigenvalue weighted by molar-refractivity contribution is 5.93. The third-order valence-electron chi connectivity index (χ3n) is 6.21. The Bertz CT molecular complexity index is 709. The lowest BCUT2D eigenvalue weighted by molar-refractivity contribution is -0.321. The fraction of sp³-hybridized carbons (Fsp3) is 0.800. The number of nitrogens with one attached hydrogen (secondary N) is 2. The molecule has 0 aromatic heterocycles. The second kappa shape index (κ2) is 9.97. The summed E-state index contributed by atoms with van der Waals surface area (Å²) in [5.41, 5.74) is 5.36. The molecule has 4 atom stereocenters. The quantitative estimate of drug-likeness (QED) is 0.415. The standard InChI is InChI=1S/C20H30F3N3O5/c1-3-12(16(24)28)13(9-19(2)5-6-19)18(30)26-14(8-11-4-7-25-17(11)29)15(27)10-31-20(21,22)23/h11-14H,3-10H2,1-2H3,(H2,24,28)(H,25,29)(H,26,30)/t11-,12?,13-,14-/m0/s1. The van der Waals surface area contributed by atoms with Gasteiger partial charge < -0.3 is 16.4 Å². The summed E-state index contributed by atoms with van der Waals surface area (Å²) in [4.78, 5) is 49.4. The number of rotatable bonds is 12. The van der Waals surface area contributed by atoms with Crippen LogP contribution in [0.15, 0.2) is 0 Å². The van der Waals surface area contributed by atoms with Crippen LogP contribution in [0.3, 0.4) is 0 Å². The average Bonchev–Trinajstić information content (AvgIpc) is 3.26. The van der Waals surface area contributed by atoms with Crippen LogP contribution in [-0.4, -0.2) is 49.1 Å². The number of carbonyl (C=O) groups excluding carboxylic acids is 4. The van der Waals surface area contributed by atoms with Gasteiger partial charge in [-0.05, 0) is 43.9 Å². The summed E-state index contributed by atoms with van der Waals surface area (Å²) in [6, 6.07) is -1.34. The maximum atomic E-state index is 13.1. The molecule has 1 aliphatic heterocycles. The van der Waals surface area contributed by atoms with Crippen molar-refractivity contribution in [1.82, 2.24) is 10.6 Å². The third-order valence-corrected chi connectivity index (χ3v) is 6.21. The Kier molecular flexibility index (Phi) is 8.07. The summed E-state index contributed by atoms with van der Waals surface area (Å²) < 4.78 is 40.8. The van der Waals surface area contributed by atoms with E-state index in [0.29, 0.717) is 25.8 Å². The normalized spacial score (nSPS) is 22.9. The second-order valence-electron chi connectivity index (χ2n) is 8.81. The van der Waals surface area contributed by atoms with Crippen LogP contribution in [0.1, 0.15) is 52.4 Å². The van der Waals surface area contributed by atoms with Crippen molar-refractivity contribution in [2.45, 2.75) is 64.8 Å². The molecule has 1 aliphatic carbocycles. The molecular formula is C20H30F3N3O5. The number of alkyl halides is 3. The molecule has 11 heteroatoms. The van der Waals surface area contributed by atoms with E-state index in [1.54, 1.807) is 6.92 Å². The zero-order valence-electron chi connectivity index (χ0n) is 17.7. The van der Waals surface area contributed by atoms with Crippen LogP contribution in [0.25, 0.3) is 0 Å². The maximum absolute atomic E-state index is 13.1. The molecule has 2 rings (SSSR count). The summed E-state index contributed by atoms with van der Waals surface area (Å²) in [6.45, 7) is 2.80. The van der Waals surface area contributed by atoms with Crippen LogP contribution < -0.4 is 16.4 Å². The van der Waals surface area contributed by atoms with Crippen molar-refractivity contribution in [2.75, 3.05) is 13.2 Å². The van der Waals surface area contributed by atoms with E-state index in [2.05, 4.69) is 15.4 Å². The van der Waals surface area contributed by atoms with Crippen molar-refractivity contribution in [3.8, 4) is 0 Å². The van der Waals surface area contributed by atoms with E-state index >= 15 is 0 Å². The molecule has 0 aromatic rings. The largest absolute Gasteiger partial charge is 0.522 e. The van der Waals surface area contributed by atoms with Gasteiger partial charge in [0.25, 0.3) is 0 Å². The first-order valence-electron chi connectivity index (χ1n) is 10.5. The Labute approximate surface area is 178 Å². The van der Waals surface area contributed by atoms with Crippen molar-refractivity contribution in [3.05, 3.63) is 0 Å². The Morgan fingerprint density at radius 3 is 2.39 bits per heavy atom. The third kappa shape index (κ3) is 7.48. The average molecular weight is 449 g/mol. The van der Waals surface area contributed by atoms with Crippen LogP contribution in [0, 0.1) is 23.2 Å². The van der Waals surface area contributed by atoms with Crippen LogP contribution >= 0.6 is 0 Å². The van der Waals surface area contributed by atoms with E-state index in [0.717, 1.165) is 12.8 Å². The van der Waals surface area contributed by atoms with E-state index in [1.165, 1.54) is 0 Å². The van der Waals surface area contributed by atoms with E-state index in [-0.39, 0.29) is 17.7 Å². The maximum Gasteiger partial charge on any atom is 0.522 e. The Morgan fingerprint density at radius 1 is 1.29 bits per heavy atom. The highest BCUT2D eigenvalue weighted by Crippen LogP contribution is 2.51. The highest BCUT2D eigenvalue weighted by atomic mass is 19.4. The van der Waals surface area contributed by atoms with Crippen molar-refractivity contribution < 1.29 is 37.1 Å². The predicted molar refractivity (Wildman–Crippen MR) is 103 cm³/mol. The van der Waals surface area contributed by atoms with Crippen LogP contribution in [-0.2, 0) is 23.9 Å². The summed E-state index contributed by atoms with van der Waals surface area (Å²) in [7, 11) is 0. The van der Waals surface area contributed by atoms with Gasteiger partial charge in [-0.2, -0.15) is 0 Å². The number of primary amides is 1. The molecule has 2 aliphatic rings. The first-order chi connectivity index (χ1) is 14.3. The summed E-state index contributed by atoms with van der Waals surface area (Å²) in [6.07, 6.45) is -2.29. The molecule has 31 heavy (non-hydrogen) atoms. The fourth-order valence-corrected chi connectivity index (χ4v) is 4.01. The fourth-order valence-electron chi connectivity index (χ4n) is 4.01. The topological polar surface area (TPSA) is 128 Å². The molecule has 0 aromatic carbocycles. The van der Waals surface area contributed by atoms with E-state index in [9.17, 15) is 32.3 Å². The van der Waals surface area contributed by atoms with Gasteiger partial charge in [-0.3, -0.25) is 23.9 Å². The molecular weight excluding hydrogens is 419 g/mol. The van der Waals surface area contributed by atoms with Crippen molar-refractivity contribution in [1.29, 1.82) is 0 Å². The lowest BCUT2D eigenvalue weighted by atomic mass is 9.80. The Balaban J connectivity index is 2.17. The number of carbonyl (C=O) groups is 4. The number of nitrogens with two attached hydrogens (primary N) is 1. The molecule has 1 heterocycles. The molecule has 4 N–H and O–H groups in total. The van der Waals surface area contributed by atoms with Gasteiger partial charge in [0.15, 0.2) is 5.78 Å². The minimum atomic E-state index is -5.00. The van der Waals surface area contributed by atoms with Crippen LogP contribution in [0.2, 0.25) is 0 Å². The van der Waals surface area contributed by atoms with Crippen molar-refractivity contribution in [2.24, 2.45) is 28.9 Å². The summed E-state index contributed by atoms with van der Waals surface area (Å²) in [5.74, 6) is -4.78. The number of hydrogen-bond donors (Lipinski definition) is 3. The number of ether oxygens (including phenoxy) is 1. The Hall–Kier alpha value is -2.17. The monoisotopic (exact) mass is 449 g/mol. The number of ketones is 1. The lowest BCUT2D eigenvalue weighted by Crippen LogP contribution is -2.49. The van der Waals surface area contributed by atoms with Crippen LogP contribution in [0.4, 0.5) is 13.2 Å². The lowest BCUT2D eigenvalue weighted by Gasteiger charge is -2.28. The van der Waals surface area contributed by atoms with Crippen LogP contribution in [0.5, 0.6) is 0 Å². The number of amides is 3. The van der Waals surface area contributed by atoms with Gasteiger partial charge in [0.2, 0.25) is 17.7 Å². The number of halogens is 3. The van der Waals surface area contributed by atoms with Gasteiger partial charge in [-0.15, -0.1) is 13.2 Å². The van der Waals surface area contributed by atoms with Gasteiger partial charge in [-0.1, -0.05) is 13.8 Å². The smallest absolute Gasteiger partial charge is 0.369 e. The zero-order valence-corrected chi connectivity index (χ0v) is 17.7. The molecule has 0 spiro atoms. The van der Waals surface area contributed by atoms with Gasteiger partial charge in [-0.25, -0.2) is 0 Å². The molecule has 1 unspecified atom stereocenters. The van der Waals surface area contributed by atoms with Gasteiger partial charge in [0, 0.05) is 18.4 Å². The van der Waals surface area contributed by atoms with Crippen molar-refractivity contribution in [3.63, 3.8) is 0 Å². The minimum Gasteiger partial charge on any atom is -0.369 e. The van der Waals surface area contributed by atoms with E-state index in [4.69, 9.17) is 5.73 Å². The molecule has 176 valence electrons. The first kappa shape index (κ1) is 25.1.